The Labute approximate surface area is 680 Å². The molecule has 6 saturated heterocycles. The lowest BCUT2D eigenvalue weighted by molar-refractivity contribution is -0.282. The van der Waals surface area contributed by atoms with Crippen LogP contribution < -0.4 is 10.6 Å². The number of hydrogen-bond acceptors (Lipinski definition) is 33. The first-order valence-electron chi connectivity index (χ1n) is 40.6. The van der Waals surface area contributed by atoms with Gasteiger partial charge in [-0.25, -0.2) is 13.7 Å². The van der Waals surface area contributed by atoms with Gasteiger partial charge in [-0.05, 0) is 96.3 Å². The number of aliphatic hydroxyl groups excluding tert-OH is 9. The van der Waals surface area contributed by atoms with Crippen molar-refractivity contribution >= 4 is 53.0 Å². The van der Waals surface area contributed by atoms with Crippen LogP contribution in [0.4, 0.5) is 0 Å². The van der Waals surface area contributed by atoms with E-state index in [-0.39, 0.29) is 220 Å². The summed E-state index contributed by atoms with van der Waals surface area (Å²) in [5.74, 6) is -1.94. The highest BCUT2D eigenvalue weighted by Gasteiger charge is 2.48. The molecule has 41 nitrogen and oxygen atoms in total. The SMILES string of the molecule is CC.CC.COCC(COCCCOP(=O)(O)OC1CCN(C(=O)CCCCOC2OC(CO)C(O)C(O)C2C)CC1)(COCCCOP(=O)(O)OC1CCN(C(=O)CCCCOC2OC(CO)C(O)C(O)C2NC(C)=O)CC1)COCCCOP(=O)(O)OC1CCN(C(=O)CCCCOC2OC(CO)C(O)C(O)C2NC(C)=O)CC1. The van der Waals surface area contributed by atoms with Gasteiger partial charge in [0.1, 0.15) is 60.9 Å². The van der Waals surface area contributed by atoms with Gasteiger partial charge in [0.15, 0.2) is 18.9 Å². The number of piperidine rings is 3. The van der Waals surface area contributed by atoms with Crippen molar-refractivity contribution in [2.75, 3.05) is 152 Å². The Kier molecular flexibility index (Phi) is 50.7. The highest BCUT2D eigenvalue weighted by Crippen LogP contribution is 2.48. The summed E-state index contributed by atoms with van der Waals surface area (Å²) in [7, 11) is -12.2. The standard InChI is InChI=1S/C68H124N5O36P3.2C2H6/c1-45-59(82)60(83)51(38-74)104-65(45)98-32-8-5-14-54(79)71-23-17-48(18-24-71)107-110(88,89)101-35-11-29-95-42-68(41-94-4,43-96-30-12-36-102-111(90,91)108-49-19-25-72(26-20-49)55(80)15-6-9-33-99-66-57(69-46(2)77)63(86)61(84)52(39-75)105-66)44-97-31-13-37-103-112(92,93)109-50-21-27-73(28-22-50)56(81)16-7-10-34-100-67-58(70-47(3)78)64(87)62(85)53(40-76)106-67;2*1-2/h45,48-53,57-67,74-76,82-87H,5-44H2,1-4H3,(H,69,77)(H,70,78)(H,88,89)(H,90,91)(H,92,93);2*1-2H3. The van der Waals surface area contributed by atoms with E-state index in [0.29, 0.717) is 38.5 Å². The molecular formula is C72H136N5O36P3. The van der Waals surface area contributed by atoms with E-state index in [2.05, 4.69) is 10.6 Å². The van der Waals surface area contributed by atoms with Crippen molar-refractivity contribution in [1.29, 1.82) is 0 Å². The number of nitrogens with zero attached hydrogens (tertiary/aromatic N) is 3. The van der Waals surface area contributed by atoms with Crippen molar-refractivity contribution in [3.05, 3.63) is 0 Å². The first-order chi connectivity index (χ1) is 55.3. The number of hydrogen-bond donors (Lipinski definition) is 14. The van der Waals surface area contributed by atoms with Crippen LogP contribution in [0, 0.1) is 11.3 Å². The second-order valence-corrected chi connectivity index (χ2v) is 33.2. The number of aliphatic hydroxyl groups is 9. The first-order valence-corrected chi connectivity index (χ1v) is 45.1. The quantitative estimate of drug-likeness (QED) is 0.0296. The molecule has 6 fully saturated rings. The van der Waals surface area contributed by atoms with E-state index in [0.717, 1.165) is 0 Å². The zero-order valence-electron chi connectivity index (χ0n) is 68.5. The van der Waals surface area contributed by atoms with E-state index in [1.165, 1.54) is 21.0 Å². The number of ether oxygens (including phenoxy) is 10. The summed E-state index contributed by atoms with van der Waals surface area (Å²) >= 11 is 0. The number of carbonyl (C=O) groups excluding carboxylic acids is 5. The fourth-order valence-electron chi connectivity index (χ4n) is 13.6. The molecule has 0 aromatic rings. The van der Waals surface area contributed by atoms with Gasteiger partial charge in [0, 0.05) is 125 Å². The molecule has 44 heteroatoms. The van der Waals surface area contributed by atoms with Crippen molar-refractivity contribution in [3.63, 3.8) is 0 Å². The minimum atomic E-state index is -4.57. The van der Waals surface area contributed by atoms with Crippen LogP contribution in [-0.4, -0.2) is 361 Å². The Morgan fingerprint density at radius 1 is 0.405 bits per heavy atom. The minimum absolute atomic E-state index is 0.0135. The number of methoxy groups -OCH3 is 1. The van der Waals surface area contributed by atoms with Gasteiger partial charge in [-0.15, -0.1) is 0 Å². The molecule has 18 unspecified atom stereocenters. The molecule has 6 heterocycles. The number of phosphoric acid groups is 3. The molecule has 6 rings (SSSR count). The first kappa shape index (κ1) is 105. The highest BCUT2D eigenvalue weighted by atomic mass is 31.2. The van der Waals surface area contributed by atoms with Crippen LogP contribution in [-0.2, 0) is 112 Å². The molecule has 0 radical (unpaired) electrons. The molecular weight excluding hydrogens is 1600 g/mol. The molecule has 116 heavy (non-hydrogen) atoms. The van der Waals surface area contributed by atoms with E-state index >= 15 is 0 Å². The molecule has 0 aromatic heterocycles. The molecule has 6 aliphatic rings. The summed E-state index contributed by atoms with van der Waals surface area (Å²) in [6.45, 7) is 11.6. The van der Waals surface area contributed by atoms with Crippen LogP contribution in [0.1, 0.15) is 164 Å². The lowest BCUT2D eigenvalue weighted by Gasteiger charge is -2.42. The van der Waals surface area contributed by atoms with Crippen LogP contribution >= 0.6 is 23.5 Å². The molecule has 14 N–H and O–H groups in total. The third-order valence-corrected chi connectivity index (χ3v) is 23.1. The average Bonchev–Trinajstić information content (AvgIpc) is 0.831. The Morgan fingerprint density at radius 3 is 0.974 bits per heavy atom. The van der Waals surface area contributed by atoms with E-state index < -0.39 is 171 Å². The van der Waals surface area contributed by atoms with Crippen LogP contribution in [0.2, 0.25) is 0 Å². The molecule has 0 aliphatic carbocycles. The van der Waals surface area contributed by atoms with E-state index in [4.69, 9.17) is 74.5 Å². The lowest BCUT2D eigenvalue weighted by Crippen LogP contribution is -2.64. The molecule has 18 atom stereocenters. The van der Waals surface area contributed by atoms with Crippen LogP contribution in [0.15, 0.2) is 0 Å². The summed E-state index contributed by atoms with van der Waals surface area (Å²) in [5, 5.41) is 95.5. The normalized spacial score (nSPS) is 28.5. The molecule has 680 valence electrons. The molecule has 0 spiro atoms. The van der Waals surface area contributed by atoms with Crippen molar-refractivity contribution < 1.29 is 173 Å². The number of likely N-dealkylation sites (tertiary alicyclic amines) is 3. The number of phosphoric ester groups is 3. The largest absolute Gasteiger partial charge is 0.472 e. The lowest BCUT2D eigenvalue weighted by atomic mass is 9.92. The van der Waals surface area contributed by atoms with Crippen molar-refractivity contribution in [1.82, 2.24) is 25.3 Å². The summed E-state index contributed by atoms with van der Waals surface area (Å²) in [4.78, 5) is 99.5. The fourth-order valence-corrected chi connectivity index (χ4v) is 16.6. The summed E-state index contributed by atoms with van der Waals surface area (Å²) < 4.78 is 129. The number of amides is 5. The molecule has 0 aromatic carbocycles. The van der Waals surface area contributed by atoms with Crippen molar-refractivity contribution in [2.24, 2.45) is 11.3 Å². The fraction of sp³-hybridized carbons (Fsp3) is 0.931. The second kappa shape index (κ2) is 55.9. The second-order valence-electron chi connectivity index (χ2n) is 29.0. The Hall–Kier alpha value is -3.08. The molecule has 6 aliphatic heterocycles. The minimum Gasteiger partial charge on any atom is -0.394 e. The van der Waals surface area contributed by atoms with Gasteiger partial charge < -0.3 is 133 Å². The number of unbranched alkanes of at least 4 members (excludes halogenated alkanes) is 3. The van der Waals surface area contributed by atoms with Crippen molar-refractivity contribution in [3.8, 4) is 0 Å². The zero-order valence-corrected chi connectivity index (χ0v) is 71.2. The van der Waals surface area contributed by atoms with E-state index in [9.17, 15) is 98.3 Å². The van der Waals surface area contributed by atoms with Gasteiger partial charge in [-0.1, -0.05) is 34.6 Å². The number of rotatable bonds is 52. The number of carbonyl (C=O) groups is 5. The maximum atomic E-state index is 13.1. The summed E-state index contributed by atoms with van der Waals surface area (Å²) in [6, 6.07) is -2.19. The van der Waals surface area contributed by atoms with Gasteiger partial charge in [-0.2, -0.15) is 0 Å². The van der Waals surface area contributed by atoms with Gasteiger partial charge in [0.05, 0.1) is 95.9 Å². The number of nitrogens with one attached hydrogen (secondary N) is 2. The van der Waals surface area contributed by atoms with E-state index in [1.807, 2.05) is 27.7 Å². The van der Waals surface area contributed by atoms with Crippen LogP contribution in [0.25, 0.3) is 0 Å². The third-order valence-electron chi connectivity index (χ3n) is 19.9. The predicted octanol–water partition coefficient (Wildman–Crippen LogP) is 0.789. The zero-order chi connectivity index (χ0) is 86.0. The summed E-state index contributed by atoms with van der Waals surface area (Å²) in [6.07, 6.45) is -11.5. The van der Waals surface area contributed by atoms with Gasteiger partial charge in [0.25, 0.3) is 0 Å². The van der Waals surface area contributed by atoms with Crippen LogP contribution in [0.5, 0.6) is 0 Å². The third kappa shape index (κ3) is 37.5. The summed E-state index contributed by atoms with van der Waals surface area (Å²) in [5.41, 5.74) is -1.01. The highest BCUT2D eigenvalue weighted by molar-refractivity contribution is 7.48. The Morgan fingerprint density at radius 2 is 0.690 bits per heavy atom. The smallest absolute Gasteiger partial charge is 0.394 e. The maximum absolute atomic E-state index is 13.1. The molecule has 5 amide bonds. The van der Waals surface area contributed by atoms with Crippen LogP contribution in [0.3, 0.4) is 0 Å². The molecule has 0 bridgehead atoms. The maximum Gasteiger partial charge on any atom is 0.472 e. The Balaban J connectivity index is 0.00000697. The van der Waals surface area contributed by atoms with Gasteiger partial charge >= 0.3 is 23.5 Å². The van der Waals surface area contributed by atoms with Gasteiger partial charge in [0.2, 0.25) is 29.5 Å². The predicted molar refractivity (Wildman–Crippen MR) is 410 cm³/mol. The van der Waals surface area contributed by atoms with Crippen molar-refractivity contribution in [2.45, 2.75) is 268 Å². The monoisotopic (exact) mass is 1740 g/mol. The average molecular weight is 1740 g/mol. The van der Waals surface area contributed by atoms with E-state index in [1.54, 1.807) is 21.6 Å². The topological polar surface area (TPSA) is 561 Å². The van der Waals surface area contributed by atoms with Gasteiger partial charge in [-0.3, -0.25) is 51.1 Å². The Bertz CT molecular complexity index is 2780. The molecule has 0 saturated carbocycles.